The number of urea groups is 1. The van der Waals surface area contributed by atoms with Crippen molar-refractivity contribution in [3.8, 4) is 0 Å². The Bertz CT molecular complexity index is 666. The van der Waals surface area contributed by atoms with E-state index < -0.39 is 0 Å². The van der Waals surface area contributed by atoms with Crippen LogP contribution in [0.15, 0.2) is 46.6 Å². The van der Waals surface area contributed by atoms with Crippen LogP contribution in [0.2, 0.25) is 0 Å². The van der Waals surface area contributed by atoms with Crippen molar-refractivity contribution < 1.29 is 9.18 Å². The number of nitrogens with zero attached hydrogens (tertiary/aromatic N) is 2. The van der Waals surface area contributed by atoms with Crippen LogP contribution in [0.3, 0.4) is 0 Å². The maximum atomic E-state index is 13.3. The van der Waals surface area contributed by atoms with Crippen molar-refractivity contribution in [1.82, 2.24) is 15.1 Å². The Morgan fingerprint density at radius 2 is 2.00 bits per heavy atom. The highest BCUT2D eigenvalue weighted by molar-refractivity contribution is 9.10. The van der Waals surface area contributed by atoms with Crippen molar-refractivity contribution >= 4 is 22.0 Å². The van der Waals surface area contributed by atoms with Gasteiger partial charge in [0, 0.05) is 38.4 Å². The highest BCUT2D eigenvalue weighted by Crippen LogP contribution is 2.18. The number of rotatable bonds is 3. The van der Waals surface area contributed by atoms with Crippen LogP contribution in [-0.2, 0) is 6.54 Å². The third-order valence-corrected chi connectivity index (χ3v) is 4.90. The summed E-state index contributed by atoms with van der Waals surface area (Å²) in [5, 5.41) is 2.96. The Morgan fingerprint density at radius 3 is 2.67 bits per heavy atom. The summed E-state index contributed by atoms with van der Waals surface area (Å²) in [6.07, 6.45) is 8.11. The zero-order chi connectivity index (χ0) is 16.9. The molecule has 3 rings (SSSR count). The highest BCUT2D eigenvalue weighted by atomic mass is 79.9. The van der Waals surface area contributed by atoms with E-state index in [0.29, 0.717) is 17.6 Å². The number of piperazine rings is 1. The molecule has 1 aromatic carbocycles. The maximum absolute atomic E-state index is 13.3. The molecule has 6 heteroatoms. The van der Waals surface area contributed by atoms with Gasteiger partial charge < -0.3 is 10.2 Å². The summed E-state index contributed by atoms with van der Waals surface area (Å²) in [6, 6.07) is 5.07. The molecule has 1 aliphatic carbocycles. The molecule has 1 heterocycles. The maximum Gasteiger partial charge on any atom is 0.321 e. The molecule has 24 heavy (non-hydrogen) atoms. The molecule has 0 unspecified atom stereocenters. The predicted molar refractivity (Wildman–Crippen MR) is 95.9 cm³/mol. The molecule has 0 spiro atoms. The first kappa shape index (κ1) is 17.2. The van der Waals surface area contributed by atoms with Gasteiger partial charge in [0.15, 0.2) is 0 Å². The van der Waals surface area contributed by atoms with Crippen LogP contribution in [0.25, 0.3) is 0 Å². The Kier molecular flexibility index (Phi) is 5.68. The first-order chi connectivity index (χ1) is 11.6. The third-order valence-electron chi connectivity index (χ3n) is 4.30. The summed E-state index contributed by atoms with van der Waals surface area (Å²) in [6.45, 7) is 3.80. The van der Waals surface area contributed by atoms with Crippen LogP contribution in [-0.4, -0.2) is 42.0 Å². The van der Waals surface area contributed by atoms with Gasteiger partial charge in [0.25, 0.3) is 0 Å². The molecule has 2 aliphatic rings. The molecule has 0 aromatic heterocycles. The van der Waals surface area contributed by atoms with Crippen molar-refractivity contribution in [2.75, 3.05) is 26.2 Å². The fourth-order valence-electron chi connectivity index (χ4n) is 2.91. The molecule has 0 atom stereocenters. The molecule has 4 nitrogen and oxygen atoms in total. The summed E-state index contributed by atoms with van der Waals surface area (Å²) >= 11 is 3.22. The van der Waals surface area contributed by atoms with Crippen LogP contribution >= 0.6 is 15.9 Å². The fourth-order valence-corrected chi connectivity index (χ4v) is 3.34. The van der Waals surface area contributed by atoms with Gasteiger partial charge in [0.05, 0.1) is 4.47 Å². The van der Waals surface area contributed by atoms with E-state index in [9.17, 15) is 9.18 Å². The smallest absolute Gasteiger partial charge is 0.321 e. The van der Waals surface area contributed by atoms with Gasteiger partial charge in [-0.05, 0) is 52.5 Å². The topological polar surface area (TPSA) is 35.6 Å². The van der Waals surface area contributed by atoms with Gasteiger partial charge in [-0.3, -0.25) is 4.90 Å². The molecular formula is C18H21BrFN3O. The Morgan fingerprint density at radius 1 is 1.21 bits per heavy atom. The van der Waals surface area contributed by atoms with Gasteiger partial charge in [-0.15, -0.1) is 0 Å². The van der Waals surface area contributed by atoms with E-state index in [1.54, 1.807) is 6.07 Å². The SMILES string of the molecule is O=C(NC1=CCCC=C1)N1CCN(Cc2ccc(F)c(Br)c2)CC1. The van der Waals surface area contributed by atoms with E-state index in [0.717, 1.165) is 43.7 Å². The van der Waals surface area contributed by atoms with Crippen molar-refractivity contribution in [2.24, 2.45) is 0 Å². The summed E-state index contributed by atoms with van der Waals surface area (Å²) in [7, 11) is 0. The summed E-state index contributed by atoms with van der Waals surface area (Å²) in [5.41, 5.74) is 1.96. The van der Waals surface area contributed by atoms with E-state index in [1.165, 1.54) is 6.07 Å². The average Bonchev–Trinajstić information content (AvgIpc) is 2.60. The van der Waals surface area contributed by atoms with E-state index in [-0.39, 0.29) is 11.8 Å². The number of allylic oxidation sites excluding steroid dienone is 3. The highest BCUT2D eigenvalue weighted by Gasteiger charge is 2.21. The quantitative estimate of drug-likeness (QED) is 0.850. The van der Waals surface area contributed by atoms with Crippen LogP contribution in [0.1, 0.15) is 18.4 Å². The van der Waals surface area contributed by atoms with E-state index in [4.69, 9.17) is 0 Å². The molecule has 1 saturated heterocycles. The van der Waals surface area contributed by atoms with Gasteiger partial charge in [0.2, 0.25) is 0 Å². The number of hydrogen-bond donors (Lipinski definition) is 1. The standard InChI is InChI=1S/C18H21BrFN3O/c19-16-12-14(6-7-17(16)20)13-22-8-10-23(11-9-22)18(24)21-15-4-2-1-3-5-15/h2,4-7,12H,1,3,8-11,13H2,(H,21,24). The van der Waals surface area contributed by atoms with Crippen molar-refractivity contribution in [3.63, 3.8) is 0 Å². The Labute approximate surface area is 150 Å². The van der Waals surface area contributed by atoms with Crippen LogP contribution in [0.5, 0.6) is 0 Å². The van der Waals surface area contributed by atoms with E-state index >= 15 is 0 Å². The molecule has 0 saturated carbocycles. The van der Waals surface area contributed by atoms with Crippen LogP contribution in [0.4, 0.5) is 9.18 Å². The number of carbonyl (C=O) groups excluding carboxylic acids is 1. The third kappa shape index (κ3) is 4.45. The first-order valence-electron chi connectivity index (χ1n) is 8.21. The van der Waals surface area contributed by atoms with Gasteiger partial charge >= 0.3 is 6.03 Å². The van der Waals surface area contributed by atoms with Gasteiger partial charge in [-0.1, -0.05) is 18.2 Å². The lowest BCUT2D eigenvalue weighted by Crippen LogP contribution is -2.51. The Hall–Kier alpha value is -1.66. The summed E-state index contributed by atoms with van der Waals surface area (Å²) in [4.78, 5) is 16.4. The average molecular weight is 394 g/mol. The minimum absolute atomic E-state index is 0.0306. The second kappa shape index (κ2) is 7.94. The minimum atomic E-state index is -0.244. The summed E-state index contributed by atoms with van der Waals surface area (Å²) < 4.78 is 13.8. The first-order valence-corrected chi connectivity index (χ1v) is 9.00. The molecule has 1 aromatic rings. The van der Waals surface area contributed by atoms with Gasteiger partial charge in [-0.25, -0.2) is 9.18 Å². The van der Waals surface area contributed by atoms with Gasteiger partial charge in [0.1, 0.15) is 5.82 Å². The molecule has 0 radical (unpaired) electrons. The largest absolute Gasteiger partial charge is 0.322 e. The zero-order valence-electron chi connectivity index (χ0n) is 13.5. The van der Waals surface area contributed by atoms with Crippen LogP contribution in [0, 0.1) is 5.82 Å². The lowest BCUT2D eigenvalue weighted by molar-refractivity contribution is 0.137. The minimum Gasteiger partial charge on any atom is -0.322 e. The normalized spacial score (nSPS) is 18.4. The number of amides is 2. The molecule has 1 fully saturated rings. The number of carbonyl (C=O) groups is 1. The van der Waals surface area contributed by atoms with Crippen molar-refractivity contribution in [1.29, 1.82) is 0 Å². The van der Waals surface area contributed by atoms with Gasteiger partial charge in [-0.2, -0.15) is 0 Å². The van der Waals surface area contributed by atoms with Crippen molar-refractivity contribution in [3.05, 3.63) is 58.0 Å². The van der Waals surface area contributed by atoms with Crippen LogP contribution < -0.4 is 5.32 Å². The number of nitrogens with one attached hydrogen (secondary N) is 1. The predicted octanol–water partition coefficient (Wildman–Crippen LogP) is 3.65. The molecule has 2 amide bonds. The lowest BCUT2D eigenvalue weighted by Gasteiger charge is -2.34. The Balaban J connectivity index is 1.48. The van der Waals surface area contributed by atoms with E-state index in [2.05, 4.69) is 38.3 Å². The number of hydrogen-bond acceptors (Lipinski definition) is 2. The fraction of sp³-hybridized carbons (Fsp3) is 0.389. The zero-order valence-corrected chi connectivity index (χ0v) is 15.1. The number of halogens is 2. The molecule has 1 aliphatic heterocycles. The molecular weight excluding hydrogens is 373 g/mol. The number of benzene rings is 1. The van der Waals surface area contributed by atoms with Crippen molar-refractivity contribution in [2.45, 2.75) is 19.4 Å². The molecule has 0 bridgehead atoms. The summed E-state index contributed by atoms with van der Waals surface area (Å²) in [5.74, 6) is -0.244. The molecule has 1 N–H and O–H groups in total. The van der Waals surface area contributed by atoms with E-state index in [1.807, 2.05) is 17.0 Å². The lowest BCUT2D eigenvalue weighted by atomic mass is 10.1. The second-order valence-electron chi connectivity index (χ2n) is 6.08. The monoisotopic (exact) mass is 393 g/mol. The molecule has 128 valence electrons. The second-order valence-corrected chi connectivity index (χ2v) is 6.94.